The summed E-state index contributed by atoms with van der Waals surface area (Å²) in [5, 5.41) is 9.08. The van der Waals surface area contributed by atoms with E-state index in [1.54, 1.807) is 0 Å². The molecule has 1 aliphatic rings. The first-order valence-electron chi connectivity index (χ1n) is 6.35. The standard InChI is InChI=1S/C15H16O4/c16-14(17)12-8-4-5-9-13(12)15(18)19-10-11-6-2-1-3-7-11/h1-3,6-7H,4-5,8-10H2,(H,16,17). The van der Waals surface area contributed by atoms with E-state index in [-0.39, 0.29) is 12.2 Å². The van der Waals surface area contributed by atoms with Crippen molar-refractivity contribution in [2.75, 3.05) is 0 Å². The second-order valence-corrected chi connectivity index (χ2v) is 4.53. The summed E-state index contributed by atoms with van der Waals surface area (Å²) in [5.74, 6) is -1.51. The average molecular weight is 260 g/mol. The minimum Gasteiger partial charge on any atom is -0.478 e. The van der Waals surface area contributed by atoms with Crippen molar-refractivity contribution in [3.63, 3.8) is 0 Å². The monoisotopic (exact) mass is 260 g/mol. The number of ether oxygens (including phenoxy) is 1. The van der Waals surface area contributed by atoms with Gasteiger partial charge >= 0.3 is 11.9 Å². The van der Waals surface area contributed by atoms with Crippen molar-refractivity contribution >= 4 is 11.9 Å². The van der Waals surface area contributed by atoms with Crippen molar-refractivity contribution in [3.05, 3.63) is 47.0 Å². The van der Waals surface area contributed by atoms with E-state index >= 15 is 0 Å². The van der Waals surface area contributed by atoms with Crippen LogP contribution in [0.25, 0.3) is 0 Å². The van der Waals surface area contributed by atoms with Crippen LogP contribution in [0.2, 0.25) is 0 Å². The summed E-state index contributed by atoms with van der Waals surface area (Å²) < 4.78 is 5.19. The van der Waals surface area contributed by atoms with Gasteiger partial charge in [-0.3, -0.25) is 0 Å². The van der Waals surface area contributed by atoms with E-state index in [0.717, 1.165) is 18.4 Å². The van der Waals surface area contributed by atoms with Gasteiger partial charge in [0.1, 0.15) is 6.61 Å². The van der Waals surface area contributed by atoms with Crippen LogP contribution < -0.4 is 0 Å². The molecule has 4 nitrogen and oxygen atoms in total. The number of carbonyl (C=O) groups is 2. The number of benzene rings is 1. The third-order valence-electron chi connectivity index (χ3n) is 3.19. The second kappa shape index (κ2) is 6.18. The summed E-state index contributed by atoms with van der Waals surface area (Å²) in [6.45, 7) is 0.177. The number of carboxylic acids is 1. The van der Waals surface area contributed by atoms with Crippen LogP contribution in [-0.4, -0.2) is 17.0 Å². The molecule has 0 spiro atoms. The van der Waals surface area contributed by atoms with Crippen molar-refractivity contribution < 1.29 is 19.4 Å². The highest BCUT2D eigenvalue weighted by Crippen LogP contribution is 2.26. The number of hydrogen-bond acceptors (Lipinski definition) is 3. The van der Waals surface area contributed by atoms with Crippen molar-refractivity contribution in [1.82, 2.24) is 0 Å². The van der Waals surface area contributed by atoms with Crippen LogP contribution >= 0.6 is 0 Å². The summed E-state index contributed by atoms with van der Waals surface area (Å²) in [7, 11) is 0. The van der Waals surface area contributed by atoms with Gasteiger partial charge in [-0.2, -0.15) is 0 Å². The lowest BCUT2D eigenvalue weighted by Gasteiger charge is -2.16. The summed E-state index contributed by atoms with van der Waals surface area (Å²) in [5.41, 5.74) is 1.43. The highest BCUT2D eigenvalue weighted by atomic mass is 16.5. The predicted octanol–water partition coefficient (Wildman–Crippen LogP) is 2.69. The van der Waals surface area contributed by atoms with E-state index in [1.165, 1.54) is 0 Å². The van der Waals surface area contributed by atoms with Gasteiger partial charge in [-0.15, -0.1) is 0 Å². The largest absolute Gasteiger partial charge is 0.478 e. The molecule has 0 heterocycles. The van der Waals surface area contributed by atoms with Gasteiger partial charge in [-0.05, 0) is 31.2 Å². The van der Waals surface area contributed by atoms with Crippen LogP contribution in [0.4, 0.5) is 0 Å². The van der Waals surface area contributed by atoms with Crippen molar-refractivity contribution in [1.29, 1.82) is 0 Å². The molecule has 100 valence electrons. The van der Waals surface area contributed by atoms with Crippen LogP contribution in [0.1, 0.15) is 31.2 Å². The zero-order chi connectivity index (χ0) is 13.7. The molecule has 0 aliphatic heterocycles. The summed E-state index contributed by atoms with van der Waals surface area (Å²) in [6, 6.07) is 9.34. The molecular weight excluding hydrogens is 244 g/mol. The maximum atomic E-state index is 11.9. The fraction of sp³-hybridized carbons (Fsp3) is 0.333. The summed E-state index contributed by atoms with van der Waals surface area (Å²) in [6.07, 6.45) is 2.60. The van der Waals surface area contributed by atoms with Crippen LogP contribution in [0, 0.1) is 0 Å². The lowest BCUT2D eigenvalue weighted by atomic mass is 9.92. The van der Waals surface area contributed by atoms with Crippen molar-refractivity contribution in [3.8, 4) is 0 Å². The maximum absolute atomic E-state index is 11.9. The molecule has 0 saturated heterocycles. The molecule has 0 radical (unpaired) electrons. The highest BCUT2D eigenvalue weighted by Gasteiger charge is 2.24. The van der Waals surface area contributed by atoms with E-state index in [2.05, 4.69) is 0 Å². The molecule has 2 rings (SSSR count). The molecule has 0 saturated carbocycles. The van der Waals surface area contributed by atoms with Crippen LogP contribution in [0.15, 0.2) is 41.5 Å². The Hall–Kier alpha value is -2.10. The fourth-order valence-corrected chi connectivity index (χ4v) is 2.18. The Morgan fingerprint density at radius 1 is 1.05 bits per heavy atom. The number of carbonyl (C=O) groups excluding carboxylic acids is 1. The van der Waals surface area contributed by atoms with Gasteiger partial charge < -0.3 is 9.84 Å². The molecule has 4 heteroatoms. The molecule has 1 aromatic carbocycles. The van der Waals surface area contributed by atoms with Crippen LogP contribution in [0.5, 0.6) is 0 Å². The smallest absolute Gasteiger partial charge is 0.334 e. The van der Waals surface area contributed by atoms with Gasteiger partial charge in [0.15, 0.2) is 0 Å². The van der Waals surface area contributed by atoms with E-state index in [4.69, 9.17) is 9.84 Å². The molecule has 0 aromatic heterocycles. The van der Waals surface area contributed by atoms with E-state index in [0.29, 0.717) is 18.4 Å². The Kier molecular flexibility index (Phi) is 4.34. The number of carboxylic acid groups (broad SMARTS) is 1. The molecule has 0 bridgehead atoms. The quantitative estimate of drug-likeness (QED) is 0.845. The van der Waals surface area contributed by atoms with Crippen LogP contribution in [-0.2, 0) is 20.9 Å². The molecule has 1 aromatic rings. The predicted molar refractivity (Wildman–Crippen MR) is 69.4 cm³/mol. The fourth-order valence-electron chi connectivity index (χ4n) is 2.18. The first-order chi connectivity index (χ1) is 9.18. The van der Waals surface area contributed by atoms with Crippen LogP contribution in [0.3, 0.4) is 0 Å². The topological polar surface area (TPSA) is 63.6 Å². The Balaban J connectivity index is 2.04. The molecule has 1 aliphatic carbocycles. The number of aliphatic carboxylic acids is 1. The SMILES string of the molecule is O=C(O)C1=C(C(=O)OCc2ccccc2)CCCC1. The lowest BCUT2D eigenvalue weighted by molar-refractivity contribution is -0.142. The minimum absolute atomic E-state index is 0.177. The number of esters is 1. The third kappa shape index (κ3) is 3.44. The minimum atomic E-state index is -1.01. The van der Waals surface area contributed by atoms with E-state index in [1.807, 2.05) is 30.3 Å². The average Bonchev–Trinajstić information content (AvgIpc) is 2.46. The Morgan fingerprint density at radius 3 is 2.32 bits per heavy atom. The number of hydrogen-bond donors (Lipinski definition) is 1. The third-order valence-corrected chi connectivity index (χ3v) is 3.19. The summed E-state index contributed by atoms with van der Waals surface area (Å²) in [4.78, 5) is 23.0. The first kappa shape index (κ1) is 13.3. The highest BCUT2D eigenvalue weighted by molar-refractivity contribution is 5.99. The van der Waals surface area contributed by atoms with Crippen molar-refractivity contribution in [2.45, 2.75) is 32.3 Å². The molecule has 0 amide bonds. The van der Waals surface area contributed by atoms with E-state index < -0.39 is 11.9 Å². The lowest BCUT2D eigenvalue weighted by Crippen LogP contribution is -2.17. The first-order valence-corrected chi connectivity index (χ1v) is 6.35. The Morgan fingerprint density at radius 2 is 1.68 bits per heavy atom. The number of rotatable bonds is 4. The zero-order valence-electron chi connectivity index (χ0n) is 10.6. The molecule has 0 atom stereocenters. The van der Waals surface area contributed by atoms with Gasteiger partial charge in [0, 0.05) is 11.1 Å². The molecule has 19 heavy (non-hydrogen) atoms. The Labute approximate surface area is 111 Å². The Bertz CT molecular complexity index is 502. The van der Waals surface area contributed by atoms with Gasteiger partial charge in [0.25, 0.3) is 0 Å². The molecular formula is C15H16O4. The van der Waals surface area contributed by atoms with Gasteiger partial charge in [0.2, 0.25) is 0 Å². The normalized spacial score (nSPS) is 15.2. The van der Waals surface area contributed by atoms with E-state index in [9.17, 15) is 9.59 Å². The molecule has 1 N–H and O–H groups in total. The van der Waals surface area contributed by atoms with Gasteiger partial charge in [-0.25, -0.2) is 9.59 Å². The van der Waals surface area contributed by atoms with Crippen molar-refractivity contribution in [2.24, 2.45) is 0 Å². The second-order valence-electron chi connectivity index (χ2n) is 4.53. The summed E-state index contributed by atoms with van der Waals surface area (Å²) >= 11 is 0. The molecule has 0 unspecified atom stereocenters. The van der Waals surface area contributed by atoms with Gasteiger partial charge in [0.05, 0.1) is 0 Å². The zero-order valence-corrected chi connectivity index (χ0v) is 10.6. The maximum Gasteiger partial charge on any atom is 0.334 e. The molecule has 0 fully saturated rings. The van der Waals surface area contributed by atoms with Gasteiger partial charge in [-0.1, -0.05) is 30.3 Å².